The van der Waals surface area contributed by atoms with E-state index in [-0.39, 0.29) is 20.1 Å². The summed E-state index contributed by atoms with van der Waals surface area (Å²) < 4.78 is 0. The molecule has 326 valence electrons. The molecule has 68 heavy (non-hydrogen) atoms. The van der Waals surface area contributed by atoms with Crippen LogP contribution >= 0.6 is 0 Å². The van der Waals surface area contributed by atoms with Crippen LogP contribution in [0.4, 0.5) is 0 Å². The van der Waals surface area contributed by atoms with E-state index in [9.17, 15) is 5.26 Å². The van der Waals surface area contributed by atoms with Gasteiger partial charge in [-0.25, -0.2) is 0 Å². The number of benzene rings is 7. The number of nitriles is 1. The van der Waals surface area contributed by atoms with E-state index in [1.165, 1.54) is 27.8 Å². The van der Waals surface area contributed by atoms with E-state index in [1.54, 1.807) is 0 Å². The van der Waals surface area contributed by atoms with Crippen molar-refractivity contribution in [2.24, 2.45) is 0 Å². The van der Waals surface area contributed by atoms with Gasteiger partial charge in [0.1, 0.15) is 0 Å². The molecule has 10 aromatic rings. The summed E-state index contributed by atoms with van der Waals surface area (Å²) in [5.74, 6) is 0. The van der Waals surface area contributed by atoms with E-state index in [4.69, 9.17) is 4.98 Å². The fourth-order valence-electron chi connectivity index (χ4n) is 8.71. The van der Waals surface area contributed by atoms with Crippen LogP contribution in [0.15, 0.2) is 207 Å². The van der Waals surface area contributed by atoms with Gasteiger partial charge in [0, 0.05) is 18.6 Å². The first-order chi connectivity index (χ1) is 33.0. The molecule has 0 aliphatic rings. The van der Waals surface area contributed by atoms with Crippen molar-refractivity contribution in [3.63, 3.8) is 0 Å². The van der Waals surface area contributed by atoms with Gasteiger partial charge in [0.05, 0.1) is 11.6 Å². The molecule has 0 atom stereocenters. The number of hydrogen-bond donors (Lipinski definition) is 0. The second-order valence-corrected chi connectivity index (χ2v) is 16.9. The van der Waals surface area contributed by atoms with Crippen molar-refractivity contribution < 1.29 is 20.1 Å². The third-order valence-electron chi connectivity index (χ3n) is 12.3. The largest absolute Gasteiger partial charge is 3.00 e. The molecule has 3 heterocycles. The standard InChI is InChI=1S/C63H45N4.Ir/c1-44-34-37-67-63(38-44)55-32-33-59(60(42-55)52-30-28-51(29-31-52)50-22-20-47(43-64)21-23-50)58-9-3-2-8-57(58)56-40-48(14-12-45-16-24-53(25-17-45)61-10-4-6-35-65-61)39-49(41-56)15-13-46-18-26-54(27-19-46)62-11-5-7-36-66-62;/h2-11,16-24,26,28-31,33-42H,12-15H2,1H3;/q-3;+3. The zero-order valence-electron chi connectivity index (χ0n) is 37.6. The molecular formula is C63H45IrN4. The summed E-state index contributed by atoms with van der Waals surface area (Å²) in [5.41, 5.74) is 21.5. The molecule has 3 aromatic heterocycles. The first kappa shape index (κ1) is 45.3. The van der Waals surface area contributed by atoms with Crippen molar-refractivity contribution in [2.75, 3.05) is 0 Å². The number of aromatic nitrogens is 3. The average Bonchev–Trinajstić information content (AvgIpc) is 3.40. The summed E-state index contributed by atoms with van der Waals surface area (Å²) in [6, 6.07) is 78.6. The number of pyridine rings is 3. The minimum atomic E-state index is 0. The van der Waals surface area contributed by atoms with Crippen molar-refractivity contribution in [1.82, 2.24) is 15.0 Å². The maximum atomic E-state index is 9.37. The topological polar surface area (TPSA) is 62.5 Å². The van der Waals surface area contributed by atoms with Gasteiger partial charge in [-0.15, -0.1) is 94.5 Å². The Hall–Kier alpha value is -7.87. The van der Waals surface area contributed by atoms with Gasteiger partial charge in [-0.3, -0.25) is 0 Å². The molecule has 0 aliphatic heterocycles. The minimum absolute atomic E-state index is 0. The summed E-state index contributed by atoms with van der Waals surface area (Å²) in [5, 5.41) is 9.37. The van der Waals surface area contributed by atoms with Crippen LogP contribution < -0.4 is 0 Å². The van der Waals surface area contributed by atoms with Crippen LogP contribution in [0.2, 0.25) is 0 Å². The molecular weight excluding hydrogens is 1000 g/mol. The van der Waals surface area contributed by atoms with Gasteiger partial charge >= 0.3 is 20.1 Å². The van der Waals surface area contributed by atoms with Crippen LogP contribution in [-0.4, -0.2) is 15.0 Å². The molecule has 0 spiro atoms. The van der Waals surface area contributed by atoms with Crippen LogP contribution in [0.3, 0.4) is 0 Å². The Bertz CT molecular complexity index is 3220. The van der Waals surface area contributed by atoms with Gasteiger partial charge in [0.2, 0.25) is 0 Å². The Morgan fingerprint density at radius 2 is 0.926 bits per heavy atom. The Labute approximate surface area is 413 Å². The third kappa shape index (κ3) is 10.5. The summed E-state index contributed by atoms with van der Waals surface area (Å²) in [7, 11) is 0. The molecule has 0 unspecified atom stereocenters. The normalized spacial score (nSPS) is 10.8. The molecule has 0 fully saturated rings. The molecule has 10 rings (SSSR count). The molecule has 0 saturated carbocycles. The van der Waals surface area contributed by atoms with Crippen molar-refractivity contribution in [2.45, 2.75) is 32.6 Å². The molecule has 0 radical (unpaired) electrons. The molecule has 0 bridgehead atoms. The maximum Gasteiger partial charge on any atom is 3.00 e. The van der Waals surface area contributed by atoms with Gasteiger partial charge in [-0.05, 0) is 106 Å². The van der Waals surface area contributed by atoms with Gasteiger partial charge < -0.3 is 15.0 Å². The van der Waals surface area contributed by atoms with Gasteiger partial charge in [0.15, 0.2) is 0 Å². The van der Waals surface area contributed by atoms with E-state index < -0.39 is 0 Å². The van der Waals surface area contributed by atoms with Crippen LogP contribution in [0.5, 0.6) is 0 Å². The van der Waals surface area contributed by atoms with Crippen LogP contribution in [-0.2, 0) is 45.8 Å². The molecule has 0 N–H and O–H groups in total. The van der Waals surface area contributed by atoms with Gasteiger partial charge in [-0.1, -0.05) is 144 Å². The number of aryl methyl sites for hydroxylation is 5. The summed E-state index contributed by atoms with van der Waals surface area (Å²) in [6.07, 6.45) is 9.06. The van der Waals surface area contributed by atoms with Crippen LogP contribution in [0.1, 0.15) is 33.4 Å². The fourth-order valence-corrected chi connectivity index (χ4v) is 8.71. The first-order valence-corrected chi connectivity index (χ1v) is 22.7. The van der Waals surface area contributed by atoms with E-state index in [2.05, 4.69) is 162 Å². The molecule has 5 heteroatoms. The number of hydrogen-bond acceptors (Lipinski definition) is 4. The predicted octanol–water partition coefficient (Wildman–Crippen LogP) is 14.7. The second kappa shape index (κ2) is 21.2. The monoisotopic (exact) mass is 1050 g/mol. The van der Waals surface area contributed by atoms with E-state index in [0.717, 1.165) is 104 Å². The van der Waals surface area contributed by atoms with E-state index in [0.29, 0.717) is 5.56 Å². The van der Waals surface area contributed by atoms with Gasteiger partial charge in [0.25, 0.3) is 0 Å². The molecule has 0 amide bonds. The zero-order valence-corrected chi connectivity index (χ0v) is 40.0. The Morgan fingerprint density at radius 1 is 0.397 bits per heavy atom. The third-order valence-corrected chi connectivity index (χ3v) is 12.3. The molecule has 0 saturated heterocycles. The summed E-state index contributed by atoms with van der Waals surface area (Å²) in [4.78, 5) is 13.8. The molecule has 0 aliphatic carbocycles. The summed E-state index contributed by atoms with van der Waals surface area (Å²) >= 11 is 0. The van der Waals surface area contributed by atoms with Crippen molar-refractivity contribution in [3.05, 3.63) is 258 Å². The van der Waals surface area contributed by atoms with E-state index in [1.807, 2.05) is 85.3 Å². The smallest absolute Gasteiger partial charge is 0.305 e. The van der Waals surface area contributed by atoms with Crippen LogP contribution in [0.25, 0.3) is 78.3 Å². The predicted molar refractivity (Wildman–Crippen MR) is 272 cm³/mol. The Balaban J connectivity index is 0.00000578. The number of nitrogens with zero attached hydrogens (tertiary/aromatic N) is 4. The average molecular weight is 1050 g/mol. The Morgan fingerprint density at radius 3 is 1.47 bits per heavy atom. The number of rotatable bonds is 13. The van der Waals surface area contributed by atoms with E-state index >= 15 is 0 Å². The molecule has 4 nitrogen and oxygen atoms in total. The minimum Gasteiger partial charge on any atom is -0.305 e. The quantitative estimate of drug-likeness (QED) is 0.108. The first-order valence-electron chi connectivity index (χ1n) is 22.7. The Kier molecular flexibility index (Phi) is 14.1. The van der Waals surface area contributed by atoms with Crippen molar-refractivity contribution in [3.8, 4) is 84.3 Å². The zero-order chi connectivity index (χ0) is 45.4. The maximum absolute atomic E-state index is 9.37. The summed E-state index contributed by atoms with van der Waals surface area (Å²) in [6.45, 7) is 2.09. The molecule has 7 aromatic carbocycles. The second-order valence-electron chi connectivity index (χ2n) is 16.9. The van der Waals surface area contributed by atoms with Crippen LogP contribution in [0, 0.1) is 36.5 Å². The fraction of sp³-hybridized carbons (Fsp3) is 0.0794. The SMILES string of the molecule is Cc1ccnc(-c2[c-]cc(-c3ccccc3-c3cc(CCc4c[c-]c(-c5ccccn5)cc4)cc(CCc4c[c-]c(-c5ccccn5)cc4)c3)c(-c3ccc(-c4ccc(C#N)cc4)cc3)c2)c1.[Ir+3]. The van der Waals surface area contributed by atoms with Crippen molar-refractivity contribution >= 4 is 0 Å². The van der Waals surface area contributed by atoms with Crippen molar-refractivity contribution in [1.29, 1.82) is 5.26 Å². The van der Waals surface area contributed by atoms with Gasteiger partial charge in [-0.2, -0.15) is 5.26 Å².